The Kier molecular flexibility index (Phi) is 7.87. The van der Waals surface area contributed by atoms with E-state index in [1.165, 1.54) is 30.0 Å². The Labute approximate surface area is 149 Å². The predicted octanol–water partition coefficient (Wildman–Crippen LogP) is 2.02. The van der Waals surface area contributed by atoms with Gasteiger partial charge in [-0.3, -0.25) is 14.2 Å². The van der Waals surface area contributed by atoms with Gasteiger partial charge in [-0.15, -0.1) is 0 Å². The van der Waals surface area contributed by atoms with Gasteiger partial charge in [0.05, 0.1) is 5.56 Å². The van der Waals surface area contributed by atoms with Crippen molar-refractivity contribution in [3.63, 3.8) is 0 Å². The predicted molar refractivity (Wildman–Crippen MR) is 101 cm³/mol. The fourth-order valence-electron chi connectivity index (χ4n) is 2.38. The molecule has 0 atom stereocenters. The number of hydrogen-bond acceptors (Lipinski definition) is 3. The molecule has 0 saturated carbocycles. The molecule has 6 heteroatoms. The van der Waals surface area contributed by atoms with Gasteiger partial charge in [0.25, 0.3) is 5.56 Å². The molecule has 0 saturated heterocycles. The Balaban J connectivity index is 2.96. The molecule has 1 aromatic rings. The molecule has 0 spiro atoms. The number of aromatic nitrogens is 2. The van der Waals surface area contributed by atoms with Crippen LogP contribution in [0.5, 0.6) is 0 Å². The molecule has 0 radical (unpaired) electrons. The van der Waals surface area contributed by atoms with Crippen LogP contribution >= 0.6 is 0 Å². The van der Waals surface area contributed by atoms with Crippen molar-refractivity contribution in [1.82, 2.24) is 14.0 Å². The molecule has 25 heavy (non-hydrogen) atoms. The summed E-state index contributed by atoms with van der Waals surface area (Å²) in [6.45, 7) is 9.95. The van der Waals surface area contributed by atoms with Crippen LogP contribution in [0.25, 0.3) is 6.08 Å². The van der Waals surface area contributed by atoms with Gasteiger partial charge in [0.1, 0.15) is 0 Å². The Morgan fingerprint density at radius 3 is 2.08 bits per heavy atom. The average molecular weight is 349 g/mol. The minimum absolute atomic E-state index is 0.0998. The number of carbonyl (C=O) groups excluding carboxylic acids is 1. The maximum Gasteiger partial charge on any atom is 0.330 e. The van der Waals surface area contributed by atoms with Gasteiger partial charge in [-0.2, -0.15) is 0 Å². The summed E-state index contributed by atoms with van der Waals surface area (Å²) in [5.74, 6) is 0.945. The first-order valence-electron chi connectivity index (χ1n) is 8.87. The number of nitrogens with zero attached hydrogens (tertiary/aromatic N) is 3. The van der Waals surface area contributed by atoms with Crippen LogP contribution in [0.1, 0.15) is 46.1 Å². The van der Waals surface area contributed by atoms with Crippen molar-refractivity contribution < 1.29 is 4.79 Å². The summed E-state index contributed by atoms with van der Waals surface area (Å²) < 4.78 is 2.38. The van der Waals surface area contributed by atoms with Crippen molar-refractivity contribution in [3.8, 4) is 0 Å². The quantitative estimate of drug-likeness (QED) is 0.675. The maximum absolute atomic E-state index is 12.6. The highest BCUT2D eigenvalue weighted by Crippen LogP contribution is 2.08. The zero-order chi connectivity index (χ0) is 19.1. The van der Waals surface area contributed by atoms with Crippen LogP contribution in [0.4, 0.5) is 0 Å². The van der Waals surface area contributed by atoms with E-state index < -0.39 is 5.56 Å². The second-order valence-electron chi connectivity index (χ2n) is 7.37. The molecule has 0 unspecified atom stereocenters. The monoisotopic (exact) mass is 349 g/mol. The van der Waals surface area contributed by atoms with Gasteiger partial charge in [0.15, 0.2) is 0 Å². The first-order valence-corrected chi connectivity index (χ1v) is 8.87. The molecule has 1 heterocycles. The van der Waals surface area contributed by atoms with E-state index in [4.69, 9.17) is 0 Å². The Bertz CT molecular complexity index is 714. The summed E-state index contributed by atoms with van der Waals surface area (Å²) in [6, 6.07) is 0. The Morgan fingerprint density at radius 2 is 1.60 bits per heavy atom. The SMILES string of the molecule is CC(C)CCN(CCC(C)C)C(=O)/C=C/c1cn(C)c(=O)n(C)c1=O. The molecule has 0 N–H and O–H groups in total. The molecule has 0 aliphatic carbocycles. The minimum atomic E-state index is -0.400. The molecule has 140 valence electrons. The van der Waals surface area contributed by atoms with Crippen LogP contribution in [-0.2, 0) is 18.9 Å². The summed E-state index contributed by atoms with van der Waals surface area (Å²) in [6.07, 6.45) is 6.28. The molecule has 0 aliphatic heterocycles. The molecular weight excluding hydrogens is 318 g/mol. The zero-order valence-corrected chi connectivity index (χ0v) is 16.3. The van der Waals surface area contributed by atoms with E-state index in [1.807, 2.05) is 4.90 Å². The third-order valence-corrected chi connectivity index (χ3v) is 4.14. The van der Waals surface area contributed by atoms with Crippen LogP contribution in [0.3, 0.4) is 0 Å². The second-order valence-corrected chi connectivity index (χ2v) is 7.37. The maximum atomic E-state index is 12.6. The lowest BCUT2D eigenvalue weighted by Gasteiger charge is -2.23. The number of carbonyl (C=O) groups is 1. The highest BCUT2D eigenvalue weighted by molar-refractivity contribution is 5.91. The third-order valence-electron chi connectivity index (χ3n) is 4.14. The average Bonchev–Trinajstić information content (AvgIpc) is 2.54. The van der Waals surface area contributed by atoms with Crippen LogP contribution < -0.4 is 11.2 Å². The molecular formula is C19H31N3O3. The summed E-state index contributed by atoms with van der Waals surface area (Å²) in [5, 5.41) is 0. The van der Waals surface area contributed by atoms with E-state index in [1.54, 1.807) is 7.05 Å². The van der Waals surface area contributed by atoms with Crippen molar-refractivity contribution in [3.05, 3.63) is 38.7 Å². The van der Waals surface area contributed by atoms with Crippen LogP contribution in [0, 0.1) is 11.8 Å². The summed E-state index contributed by atoms with van der Waals surface area (Å²) >= 11 is 0. The first kappa shape index (κ1) is 20.9. The van der Waals surface area contributed by atoms with Gasteiger partial charge in [0, 0.05) is 39.5 Å². The summed E-state index contributed by atoms with van der Waals surface area (Å²) in [4.78, 5) is 38.2. The van der Waals surface area contributed by atoms with E-state index in [0.717, 1.165) is 17.4 Å². The summed E-state index contributed by atoms with van der Waals surface area (Å²) in [7, 11) is 3.01. The van der Waals surface area contributed by atoms with Crippen molar-refractivity contribution in [2.75, 3.05) is 13.1 Å². The van der Waals surface area contributed by atoms with E-state index in [-0.39, 0.29) is 11.6 Å². The van der Waals surface area contributed by atoms with Crippen LogP contribution in [0.2, 0.25) is 0 Å². The topological polar surface area (TPSA) is 64.3 Å². The van der Waals surface area contributed by atoms with Gasteiger partial charge in [-0.25, -0.2) is 4.79 Å². The molecule has 6 nitrogen and oxygen atoms in total. The van der Waals surface area contributed by atoms with Crippen LogP contribution in [-0.4, -0.2) is 33.0 Å². The summed E-state index contributed by atoms with van der Waals surface area (Å²) in [5.41, 5.74) is -0.461. The van der Waals surface area contributed by atoms with Crippen molar-refractivity contribution in [2.45, 2.75) is 40.5 Å². The minimum Gasteiger partial charge on any atom is -0.339 e. The second kappa shape index (κ2) is 9.39. The number of rotatable bonds is 8. The van der Waals surface area contributed by atoms with Crippen molar-refractivity contribution >= 4 is 12.0 Å². The lowest BCUT2D eigenvalue weighted by Crippen LogP contribution is -2.37. The first-order chi connectivity index (χ1) is 11.6. The molecule has 0 fully saturated rings. The number of aryl methyl sites for hydroxylation is 1. The molecule has 0 aliphatic rings. The van der Waals surface area contributed by atoms with Gasteiger partial charge in [-0.1, -0.05) is 27.7 Å². The van der Waals surface area contributed by atoms with Gasteiger partial charge in [0.2, 0.25) is 5.91 Å². The molecule has 0 bridgehead atoms. The van der Waals surface area contributed by atoms with E-state index in [0.29, 0.717) is 30.5 Å². The molecule has 1 rings (SSSR count). The van der Waals surface area contributed by atoms with E-state index in [9.17, 15) is 14.4 Å². The highest BCUT2D eigenvalue weighted by Gasteiger charge is 2.12. The van der Waals surface area contributed by atoms with Gasteiger partial charge < -0.3 is 9.47 Å². The molecule has 1 amide bonds. The largest absolute Gasteiger partial charge is 0.339 e. The van der Waals surface area contributed by atoms with E-state index in [2.05, 4.69) is 27.7 Å². The normalized spacial score (nSPS) is 11.7. The Morgan fingerprint density at radius 1 is 1.08 bits per heavy atom. The Hall–Kier alpha value is -2.11. The lowest BCUT2D eigenvalue weighted by molar-refractivity contribution is -0.126. The van der Waals surface area contributed by atoms with Gasteiger partial charge in [-0.05, 0) is 30.8 Å². The third kappa shape index (κ3) is 6.36. The highest BCUT2D eigenvalue weighted by atomic mass is 16.2. The fourth-order valence-corrected chi connectivity index (χ4v) is 2.38. The fraction of sp³-hybridized carbons (Fsp3) is 0.632. The standard InChI is InChI=1S/C19H31N3O3/c1-14(2)9-11-22(12-10-15(3)4)17(23)8-7-16-13-20(5)19(25)21(6)18(16)24/h7-8,13-15H,9-12H2,1-6H3/b8-7+. The van der Waals surface area contributed by atoms with Gasteiger partial charge >= 0.3 is 5.69 Å². The van der Waals surface area contributed by atoms with E-state index >= 15 is 0 Å². The number of hydrogen-bond donors (Lipinski definition) is 0. The molecule has 1 aromatic heterocycles. The van der Waals surface area contributed by atoms with Crippen molar-refractivity contribution in [1.29, 1.82) is 0 Å². The lowest BCUT2D eigenvalue weighted by atomic mass is 10.1. The molecule has 0 aromatic carbocycles. The zero-order valence-electron chi connectivity index (χ0n) is 16.3. The number of amides is 1. The van der Waals surface area contributed by atoms with Crippen LogP contribution in [0.15, 0.2) is 21.9 Å². The smallest absolute Gasteiger partial charge is 0.330 e. The van der Waals surface area contributed by atoms with Crippen molar-refractivity contribution in [2.24, 2.45) is 25.9 Å².